The normalized spacial score (nSPS) is 11.0. The summed E-state index contributed by atoms with van der Waals surface area (Å²) >= 11 is 3.19. The van der Waals surface area contributed by atoms with E-state index in [2.05, 4.69) is 0 Å². The molecule has 1 heterocycles. The first kappa shape index (κ1) is 9.03. The van der Waals surface area contributed by atoms with Crippen LogP contribution in [-0.2, 0) is 0 Å². The van der Waals surface area contributed by atoms with Gasteiger partial charge in [-0.25, -0.2) is 4.39 Å². The molecule has 0 saturated heterocycles. The van der Waals surface area contributed by atoms with Gasteiger partial charge in [-0.2, -0.15) is 0 Å². The number of halogens is 1. The molecule has 0 spiro atoms. The summed E-state index contributed by atoms with van der Waals surface area (Å²) in [4.78, 5) is 0. The molecular weight excluding hydrogens is 203 g/mol. The molecule has 0 bridgehead atoms. The maximum Gasteiger partial charge on any atom is 0.143 e. The number of hydrogen-bond acceptors (Lipinski definition) is 2. The molecule has 0 aliphatic heterocycles. The zero-order valence-corrected chi connectivity index (χ0v) is 9.06. The van der Waals surface area contributed by atoms with Crippen molar-refractivity contribution in [1.82, 2.24) is 0 Å². The van der Waals surface area contributed by atoms with Gasteiger partial charge in [-0.3, -0.25) is 0 Å². The number of rotatable bonds is 1. The Bertz CT molecular complexity index is 445. The van der Waals surface area contributed by atoms with Gasteiger partial charge in [0, 0.05) is 0 Å². The summed E-state index contributed by atoms with van der Waals surface area (Å²) in [6.07, 6.45) is 2.01. The Labute approximate surface area is 84.8 Å². The standard InChI is InChI=1S/C10H9FS2/c1-6-3-4-7-5-8(12-2)13-10(7)9(6)11/h3-5H,1-2H3. The molecule has 0 aliphatic carbocycles. The Morgan fingerprint density at radius 2 is 2.15 bits per heavy atom. The van der Waals surface area contributed by atoms with E-state index in [1.54, 1.807) is 18.7 Å². The Hall–Kier alpha value is -0.540. The van der Waals surface area contributed by atoms with E-state index >= 15 is 0 Å². The fourth-order valence-electron chi connectivity index (χ4n) is 1.24. The summed E-state index contributed by atoms with van der Waals surface area (Å²) in [6, 6.07) is 5.84. The van der Waals surface area contributed by atoms with Gasteiger partial charge < -0.3 is 0 Å². The van der Waals surface area contributed by atoms with E-state index in [0.717, 1.165) is 15.6 Å². The Balaban J connectivity index is 2.76. The zero-order chi connectivity index (χ0) is 9.42. The van der Waals surface area contributed by atoms with Crippen LogP contribution in [0.2, 0.25) is 0 Å². The lowest BCUT2D eigenvalue weighted by Gasteiger charge is -1.95. The van der Waals surface area contributed by atoms with Crippen LogP contribution in [0.1, 0.15) is 5.56 Å². The molecule has 1 aromatic heterocycles. The molecular formula is C10H9FS2. The lowest BCUT2D eigenvalue weighted by Crippen LogP contribution is -1.79. The van der Waals surface area contributed by atoms with Crippen LogP contribution in [0.3, 0.4) is 0 Å². The number of thiophene rings is 1. The van der Waals surface area contributed by atoms with Crippen LogP contribution in [-0.4, -0.2) is 6.26 Å². The third kappa shape index (κ3) is 1.46. The van der Waals surface area contributed by atoms with Gasteiger partial charge in [-0.05, 0) is 30.2 Å². The molecule has 0 nitrogen and oxygen atoms in total. The van der Waals surface area contributed by atoms with Crippen LogP contribution in [0.25, 0.3) is 10.1 Å². The van der Waals surface area contributed by atoms with Gasteiger partial charge in [0.1, 0.15) is 5.82 Å². The Morgan fingerprint density at radius 3 is 2.85 bits per heavy atom. The molecule has 1 aromatic carbocycles. The highest BCUT2D eigenvalue weighted by Gasteiger charge is 2.07. The van der Waals surface area contributed by atoms with Crippen molar-refractivity contribution in [3.05, 3.63) is 29.6 Å². The highest BCUT2D eigenvalue weighted by atomic mass is 32.2. The molecule has 13 heavy (non-hydrogen) atoms. The third-order valence-corrected chi connectivity index (χ3v) is 4.21. The maximum atomic E-state index is 13.5. The lowest BCUT2D eigenvalue weighted by molar-refractivity contribution is 0.632. The van der Waals surface area contributed by atoms with Crippen LogP contribution in [0.4, 0.5) is 4.39 Å². The molecule has 0 aliphatic rings. The summed E-state index contributed by atoms with van der Waals surface area (Å²) in [5, 5.41) is 1.01. The van der Waals surface area contributed by atoms with Crippen LogP contribution in [0.5, 0.6) is 0 Å². The first-order chi connectivity index (χ1) is 6.22. The van der Waals surface area contributed by atoms with E-state index in [-0.39, 0.29) is 5.82 Å². The van der Waals surface area contributed by atoms with Crippen LogP contribution in [0.15, 0.2) is 22.4 Å². The summed E-state index contributed by atoms with van der Waals surface area (Å²) in [5.41, 5.74) is 0.724. The minimum atomic E-state index is -0.0669. The van der Waals surface area contributed by atoms with Gasteiger partial charge >= 0.3 is 0 Å². The first-order valence-corrected chi connectivity index (χ1v) is 5.99. The molecule has 0 atom stereocenters. The van der Waals surface area contributed by atoms with E-state index in [9.17, 15) is 4.39 Å². The van der Waals surface area contributed by atoms with Crippen LogP contribution in [0, 0.1) is 12.7 Å². The summed E-state index contributed by atoms with van der Waals surface area (Å²) in [7, 11) is 0. The SMILES string of the molecule is CSc1cc2ccc(C)c(F)c2s1. The maximum absolute atomic E-state index is 13.5. The Morgan fingerprint density at radius 1 is 1.38 bits per heavy atom. The molecule has 0 radical (unpaired) electrons. The number of benzene rings is 1. The van der Waals surface area contributed by atoms with Crippen LogP contribution >= 0.6 is 23.1 Å². The van der Waals surface area contributed by atoms with Gasteiger partial charge in [0.15, 0.2) is 0 Å². The van der Waals surface area contributed by atoms with Crippen molar-refractivity contribution in [2.75, 3.05) is 6.26 Å². The second kappa shape index (κ2) is 3.31. The summed E-state index contributed by atoms with van der Waals surface area (Å²) < 4.78 is 15.5. The molecule has 0 saturated carbocycles. The fourth-order valence-corrected chi connectivity index (χ4v) is 2.96. The van der Waals surface area contributed by atoms with Gasteiger partial charge in [0.2, 0.25) is 0 Å². The molecule has 2 rings (SSSR count). The third-order valence-electron chi connectivity index (χ3n) is 2.00. The molecule has 0 unspecified atom stereocenters. The molecule has 2 aromatic rings. The van der Waals surface area contributed by atoms with Crippen molar-refractivity contribution in [3.63, 3.8) is 0 Å². The summed E-state index contributed by atoms with van der Waals surface area (Å²) in [6.45, 7) is 1.80. The van der Waals surface area contributed by atoms with E-state index < -0.39 is 0 Å². The molecule has 0 amide bonds. The van der Waals surface area contributed by atoms with Gasteiger partial charge in [0.05, 0.1) is 8.91 Å². The fraction of sp³-hybridized carbons (Fsp3) is 0.200. The quantitative estimate of drug-likeness (QED) is 0.642. The van der Waals surface area contributed by atoms with Gasteiger partial charge in [-0.1, -0.05) is 12.1 Å². The number of hydrogen-bond donors (Lipinski definition) is 0. The highest BCUT2D eigenvalue weighted by Crippen LogP contribution is 2.34. The van der Waals surface area contributed by atoms with Crippen molar-refractivity contribution in [2.45, 2.75) is 11.1 Å². The predicted octanol–water partition coefficient (Wildman–Crippen LogP) is 4.07. The highest BCUT2D eigenvalue weighted by molar-refractivity contribution is 8.00. The van der Waals surface area contributed by atoms with Crippen molar-refractivity contribution in [2.24, 2.45) is 0 Å². The van der Waals surface area contributed by atoms with Crippen molar-refractivity contribution >= 4 is 33.2 Å². The minimum absolute atomic E-state index is 0.0669. The number of thioether (sulfide) groups is 1. The van der Waals surface area contributed by atoms with Gasteiger partial charge in [-0.15, -0.1) is 23.1 Å². The smallest absolute Gasteiger partial charge is 0.143 e. The molecule has 68 valence electrons. The zero-order valence-electron chi connectivity index (χ0n) is 7.43. The van der Waals surface area contributed by atoms with Crippen molar-refractivity contribution < 1.29 is 4.39 Å². The topological polar surface area (TPSA) is 0 Å². The second-order valence-electron chi connectivity index (χ2n) is 2.88. The Kier molecular flexibility index (Phi) is 2.30. The van der Waals surface area contributed by atoms with Crippen molar-refractivity contribution in [3.8, 4) is 0 Å². The molecule has 3 heteroatoms. The van der Waals surface area contributed by atoms with Crippen molar-refractivity contribution in [1.29, 1.82) is 0 Å². The van der Waals surface area contributed by atoms with Crippen LogP contribution < -0.4 is 0 Å². The van der Waals surface area contributed by atoms with E-state index in [0.29, 0.717) is 0 Å². The van der Waals surface area contributed by atoms with E-state index in [1.165, 1.54) is 15.5 Å². The average Bonchev–Trinajstić information content (AvgIpc) is 2.55. The molecule has 0 N–H and O–H groups in total. The number of fused-ring (bicyclic) bond motifs is 1. The van der Waals surface area contributed by atoms with E-state index in [1.807, 2.05) is 24.5 Å². The molecule has 0 fully saturated rings. The summed E-state index contributed by atoms with van der Waals surface area (Å²) in [5.74, 6) is -0.0669. The monoisotopic (exact) mass is 212 g/mol. The van der Waals surface area contributed by atoms with E-state index in [4.69, 9.17) is 0 Å². The predicted molar refractivity (Wildman–Crippen MR) is 58.3 cm³/mol. The lowest BCUT2D eigenvalue weighted by atomic mass is 10.2. The van der Waals surface area contributed by atoms with Gasteiger partial charge in [0.25, 0.3) is 0 Å². The largest absolute Gasteiger partial charge is 0.205 e. The number of aryl methyl sites for hydroxylation is 1. The first-order valence-electron chi connectivity index (χ1n) is 3.95. The average molecular weight is 212 g/mol. The minimum Gasteiger partial charge on any atom is -0.205 e. The second-order valence-corrected chi connectivity index (χ2v) is 5.04.